The Morgan fingerprint density at radius 1 is 1.15 bits per heavy atom. The lowest BCUT2D eigenvalue weighted by Crippen LogP contribution is -2.41. The summed E-state index contributed by atoms with van der Waals surface area (Å²) >= 11 is 6.94. The molecule has 5 nitrogen and oxygen atoms in total. The van der Waals surface area contributed by atoms with Gasteiger partial charge in [0.15, 0.2) is 0 Å². The number of carbonyl (C=O) groups is 2. The number of ether oxygens (including phenoxy) is 1. The van der Waals surface area contributed by atoms with Gasteiger partial charge in [0.1, 0.15) is 15.3 Å². The predicted molar refractivity (Wildman–Crippen MR) is 109 cm³/mol. The summed E-state index contributed by atoms with van der Waals surface area (Å²) in [6.45, 7) is 6.30. The number of thiocarbonyl (C=S) groups is 1. The summed E-state index contributed by atoms with van der Waals surface area (Å²) in [4.78, 5) is 28.7. The van der Waals surface area contributed by atoms with Gasteiger partial charge < -0.3 is 9.64 Å². The number of amides is 2. The maximum absolute atomic E-state index is 12.8. The molecule has 0 aliphatic carbocycles. The van der Waals surface area contributed by atoms with Gasteiger partial charge in [-0.15, -0.1) is 0 Å². The summed E-state index contributed by atoms with van der Waals surface area (Å²) in [6, 6.07) is 6.96. The quantitative estimate of drug-likeness (QED) is 0.581. The first-order chi connectivity index (χ1) is 12.4. The van der Waals surface area contributed by atoms with Crippen LogP contribution in [-0.4, -0.2) is 46.5 Å². The van der Waals surface area contributed by atoms with Crippen LogP contribution >= 0.6 is 24.0 Å². The number of hydrogen-bond donors (Lipinski definition) is 0. The molecule has 2 fully saturated rings. The average molecular weight is 393 g/mol. The van der Waals surface area contributed by atoms with Crippen molar-refractivity contribution in [1.82, 2.24) is 4.90 Å². The lowest BCUT2D eigenvalue weighted by molar-refractivity contribution is -0.121. The lowest BCUT2D eigenvalue weighted by Gasteiger charge is -2.36. The molecule has 2 heterocycles. The summed E-state index contributed by atoms with van der Waals surface area (Å²) < 4.78 is 5.86. The largest absolute Gasteiger partial charge is 0.497 e. The molecule has 2 aliphatic heterocycles. The maximum atomic E-state index is 12.8. The molecule has 0 bridgehead atoms. The van der Waals surface area contributed by atoms with E-state index in [4.69, 9.17) is 17.0 Å². The number of piperidine rings is 1. The molecular weight excluding hydrogens is 368 g/mol. The number of anilines is 1. The van der Waals surface area contributed by atoms with Crippen LogP contribution in [0.15, 0.2) is 24.3 Å². The van der Waals surface area contributed by atoms with Gasteiger partial charge in [0, 0.05) is 19.5 Å². The van der Waals surface area contributed by atoms with E-state index < -0.39 is 5.25 Å². The highest BCUT2D eigenvalue weighted by molar-refractivity contribution is 8.23. The van der Waals surface area contributed by atoms with Crippen molar-refractivity contribution in [2.75, 3.05) is 25.1 Å². The van der Waals surface area contributed by atoms with Crippen LogP contribution in [0.1, 0.15) is 26.7 Å². The number of imide groups is 1. The molecule has 1 aromatic carbocycles. The second kappa shape index (κ2) is 7.96. The fourth-order valence-corrected chi connectivity index (χ4v) is 5.18. The zero-order valence-corrected chi connectivity index (χ0v) is 16.9. The molecule has 7 heteroatoms. The van der Waals surface area contributed by atoms with Crippen molar-refractivity contribution in [2.45, 2.75) is 31.9 Å². The van der Waals surface area contributed by atoms with E-state index in [0.29, 0.717) is 23.3 Å². The number of nitrogens with zero attached hydrogens (tertiary/aromatic N) is 2. The van der Waals surface area contributed by atoms with Crippen LogP contribution in [0.5, 0.6) is 5.75 Å². The average Bonchev–Trinajstić information content (AvgIpc) is 2.88. The standard InChI is InChI=1S/C19H24N2O3S2/c1-12-8-13(2)11-20(10-12)19(25)26-16-9-17(22)21(18(16)23)14-4-6-15(24-3)7-5-14/h4-7,12-13,16H,8-11H2,1-3H3/t12-,13+,16-/m0/s1. The zero-order valence-electron chi connectivity index (χ0n) is 15.3. The first-order valence-electron chi connectivity index (χ1n) is 8.85. The predicted octanol–water partition coefficient (Wildman–Crippen LogP) is 3.32. The molecule has 1 aromatic rings. The monoisotopic (exact) mass is 392 g/mol. The van der Waals surface area contributed by atoms with Crippen LogP contribution in [0.25, 0.3) is 0 Å². The van der Waals surface area contributed by atoms with Crippen LogP contribution in [0.2, 0.25) is 0 Å². The molecule has 0 unspecified atom stereocenters. The van der Waals surface area contributed by atoms with Crippen LogP contribution in [0.3, 0.4) is 0 Å². The molecule has 3 rings (SSSR count). The fourth-order valence-electron chi connectivity index (χ4n) is 3.71. The number of methoxy groups -OCH3 is 1. The molecular formula is C19H24N2O3S2. The molecule has 2 saturated heterocycles. The van der Waals surface area contributed by atoms with Gasteiger partial charge in [0.05, 0.1) is 12.8 Å². The number of carbonyl (C=O) groups excluding carboxylic acids is 2. The van der Waals surface area contributed by atoms with E-state index in [2.05, 4.69) is 18.7 Å². The Morgan fingerprint density at radius 3 is 2.35 bits per heavy atom. The first kappa shape index (κ1) is 19.2. The molecule has 3 atom stereocenters. The molecule has 140 valence electrons. The van der Waals surface area contributed by atoms with Gasteiger partial charge in [-0.2, -0.15) is 0 Å². The van der Waals surface area contributed by atoms with Crippen molar-refractivity contribution in [1.29, 1.82) is 0 Å². The van der Waals surface area contributed by atoms with Crippen molar-refractivity contribution in [2.24, 2.45) is 11.8 Å². The van der Waals surface area contributed by atoms with Crippen LogP contribution in [0, 0.1) is 11.8 Å². The van der Waals surface area contributed by atoms with Gasteiger partial charge in [0.25, 0.3) is 0 Å². The molecule has 0 N–H and O–H groups in total. The third-order valence-electron chi connectivity index (χ3n) is 4.81. The molecule has 0 aromatic heterocycles. The Balaban J connectivity index is 1.67. The molecule has 0 radical (unpaired) electrons. The van der Waals surface area contributed by atoms with Crippen LogP contribution in [-0.2, 0) is 9.59 Å². The molecule has 26 heavy (non-hydrogen) atoms. The van der Waals surface area contributed by atoms with Gasteiger partial charge in [-0.05, 0) is 42.5 Å². The van der Waals surface area contributed by atoms with E-state index in [1.54, 1.807) is 31.4 Å². The Kier molecular flexibility index (Phi) is 5.87. The smallest absolute Gasteiger partial charge is 0.247 e. The number of thioether (sulfide) groups is 1. The highest BCUT2D eigenvalue weighted by Gasteiger charge is 2.41. The van der Waals surface area contributed by atoms with Crippen molar-refractivity contribution < 1.29 is 14.3 Å². The van der Waals surface area contributed by atoms with Crippen molar-refractivity contribution in [3.8, 4) is 5.75 Å². The number of likely N-dealkylation sites (tertiary alicyclic amines) is 1. The van der Waals surface area contributed by atoms with E-state index >= 15 is 0 Å². The summed E-state index contributed by atoms with van der Waals surface area (Å²) in [5.74, 6) is 1.50. The van der Waals surface area contributed by atoms with E-state index in [1.165, 1.54) is 23.1 Å². The Bertz CT molecular complexity index is 697. The van der Waals surface area contributed by atoms with Crippen LogP contribution < -0.4 is 9.64 Å². The highest BCUT2D eigenvalue weighted by Crippen LogP contribution is 2.33. The summed E-state index contributed by atoms with van der Waals surface area (Å²) in [7, 11) is 1.58. The van der Waals surface area contributed by atoms with E-state index in [9.17, 15) is 9.59 Å². The second-order valence-electron chi connectivity index (χ2n) is 7.19. The minimum atomic E-state index is -0.440. The maximum Gasteiger partial charge on any atom is 0.247 e. The summed E-state index contributed by atoms with van der Waals surface area (Å²) in [6.07, 6.45) is 1.39. The van der Waals surface area contributed by atoms with Crippen molar-refractivity contribution >= 4 is 45.8 Å². The Hall–Kier alpha value is -1.60. The first-order valence-corrected chi connectivity index (χ1v) is 10.1. The zero-order chi connectivity index (χ0) is 18.8. The lowest BCUT2D eigenvalue weighted by atomic mass is 9.92. The van der Waals surface area contributed by atoms with Crippen molar-refractivity contribution in [3.63, 3.8) is 0 Å². The van der Waals surface area contributed by atoms with E-state index in [0.717, 1.165) is 17.4 Å². The molecule has 2 aliphatic rings. The van der Waals surface area contributed by atoms with E-state index in [1.807, 2.05) is 0 Å². The third-order valence-corrected chi connectivity index (χ3v) is 6.47. The van der Waals surface area contributed by atoms with E-state index in [-0.39, 0.29) is 18.2 Å². The Morgan fingerprint density at radius 2 is 1.77 bits per heavy atom. The Labute approximate surface area is 164 Å². The van der Waals surface area contributed by atoms with Gasteiger partial charge in [-0.3, -0.25) is 9.59 Å². The van der Waals surface area contributed by atoms with Crippen LogP contribution in [0.4, 0.5) is 5.69 Å². The summed E-state index contributed by atoms with van der Waals surface area (Å²) in [5, 5.41) is -0.440. The minimum absolute atomic E-state index is 0.180. The van der Waals surface area contributed by atoms with Gasteiger partial charge in [-0.25, -0.2) is 4.90 Å². The van der Waals surface area contributed by atoms with Gasteiger partial charge >= 0.3 is 0 Å². The number of rotatable bonds is 3. The number of benzene rings is 1. The van der Waals surface area contributed by atoms with Gasteiger partial charge in [0.2, 0.25) is 11.8 Å². The third kappa shape index (κ3) is 4.04. The topological polar surface area (TPSA) is 49.9 Å². The molecule has 2 amide bonds. The normalized spacial score (nSPS) is 26.3. The van der Waals surface area contributed by atoms with Crippen molar-refractivity contribution in [3.05, 3.63) is 24.3 Å². The minimum Gasteiger partial charge on any atom is -0.497 e. The molecule has 0 saturated carbocycles. The summed E-state index contributed by atoms with van der Waals surface area (Å²) in [5.41, 5.74) is 0.579. The SMILES string of the molecule is COc1ccc(N2C(=O)C[C@H](SC(=S)N3C[C@H](C)C[C@H](C)C3)C2=O)cc1. The molecule has 0 spiro atoms. The van der Waals surface area contributed by atoms with Gasteiger partial charge in [-0.1, -0.05) is 37.8 Å². The second-order valence-corrected chi connectivity index (χ2v) is 9.03. The number of hydrogen-bond acceptors (Lipinski definition) is 5. The highest BCUT2D eigenvalue weighted by atomic mass is 32.2. The fraction of sp³-hybridized carbons (Fsp3) is 0.526.